The van der Waals surface area contributed by atoms with Crippen LogP contribution in [0.2, 0.25) is 0 Å². The minimum Gasteiger partial charge on any atom is -0.460 e. The highest BCUT2D eigenvalue weighted by Gasteiger charge is 2.53. The Bertz CT molecular complexity index is 403. The quantitative estimate of drug-likeness (QED) is 0.732. The lowest BCUT2D eigenvalue weighted by molar-refractivity contribution is -0.157. The fourth-order valence-corrected chi connectivity index (χ4v) is 2.17. The Morgan fingerprint density at radius 2 is 1.84 bits per heavy atom. The molecular formula is C14H22O5. The maximum absolute atomic E-state index is 11.9. The van der Waals surface area contributed by atoms with Crippen LogP contribution in [0.4, 0.5) is 0 Å². The Morgan fingerprint density at radius 1 is 1.32 bits per heavy atom. The van der Waals surface area contributed by atoms with E-state index >= 15 is 0 Å². The standard InChI is InChI=1S/C14H22O5/c1-8(15)11-9(14(5,6)12(17)18-11)7-10(16)19-13(2,3)4/h9,11H,7H2,1-6H3. The van der Waals surface area contributed by atoms with E-state index in [-0.39, 0.29) is 12.2 Å². The summed E-state index contributed by atoms with van der Waals surface area (Å²) < 4.78 is 10.3. The summed E-state index contributed by atoms with van der Waals surface area (Å²) >= 11 is 0. The van der Waals surface area contributed by atoms with E-state index in [1.807, 2.05) is 0 Å². The van der Waals surface area contributed by atoms with Gasteiger partial charge < -0.3 is 9.47 Å². The van der Waals surface area contributed by atoms with Crippen LogP contribution in [0.25, 0.3) is 0 Å². The van der Waals surface area contributed by atoms with Crippen LogP contribution in [0.15, 0.2) is 0 Å². The number of ether oxygens (including phenoxy) is 2. The number of cyclic esters (lactones) is 1. The molecule has 0 aromatic carbocycles. The number of esters is 2. The first kappa shape index (κ1) is 15.7. The van der Waals surface area contributed by atoms with Crippen molar-refractivity contribution >= 4 is 17.7 Å². The SMILES string of the molecule is CC(=O)C1OC(=O)C(C)(C)C1CC(=O)OC(C)(C)C. The molecule has 1 aliphatic heterocycles. The van der Waals surface area contributed by atoms with E-state index in [1.54, 1.807) is 34.6 Å². The number of rotatable bonds is 3. The Morgan fingerprint density at radius 3 is 2.26 bits per heavy atom. The highest BCUT2D eigenvalue weighted by Crippen LogP contribution is 2.42. The number of hydrogen-bond donors (Lipinski definition) is 0. The van der Waals surface area contributed by atoms with Crippen LogP contribution in [0.1, 0.15) is 48.0 Å². The van der Waals surface area contributed by atoms with Gasteiger partial charge in [0.15, 0.2) is 11.9 Å². The second-order valence-corrected chi connectivity index (χ2v) is 6.56. The van der Waals surface area contributed by atoms with Gasteiger partial charge in [-0.2, -0.15) is 0 Å². The van der Waals surface area contributed by atoms with Gasteiger partial charge in [-0.15, -0.1) is 0 Å². The van der Waals surface area contributed by atoms with Crippen molar-refractivity contribution in [3.63, 3.8) is 0 Å². The average Bonchev–Trinajstić information content (AvgIpc) is 2.39. The molecule has 1 fully saturated rings. The minimum absolute atomic E-state index is 0.000255. The van der Waals surface area contributed by atoms with Crippen LogP contribution in [0.3, 0.4) is 0 Å². The summed E-state index contributed by atoms with van der Waals surface area (Å²) in [5, 5.41) is 0. The number of Topliss-reactive ketones (excluding diaryl/α,β-unsaturated/α-hetero) is 1. The molecule has 1 aliphatic rings. The van der Waals surface area contributed by atoms with Gasteiger partial charge in [0.25, 0.3) is 0 Å². The Kier molecular flexibility index (Phi) is 4.08. The predicted molar refractivity (Wildman–Crippen MR) is 68.3 cm³/mol. The van der Waals surface area contributed by atoms with E-state index in [2.05, 4.69) is 0 Å². The van der Waals surface area contributed by atoms with Crippen LogP contribution >= 0.6 is 0 Å². The summed E-state index contributed by atoms with van der Waals surface area (Å²) in [6, 6.07) is 0. The summed E-state index contributed by atoms with van der Waals surface area (Å²) in [6.45, 7) is 10.1. The molecule has 0 aromatic rings. The van der Waals surface area contributed by atoms with Crippen molar-refractivity contribution in [1.29, 1.82) is 0 Å². The van der Waals surface area contributed by atoms with Gasteiger partial charge in [0.05, 0.1) is 11.8 Å². The molecule has 2 atom stereocenters. The van der Waals surface area contributed by atoms with Crippen molar-refractivity contribution in [2.75, 3.05) is 0 Å². The van der Waals surface area contributed by atoms with Crippen molar-refractivity contribution < 1.29 is 23.9 Å². The third kappa shape index (κ3) is 3.55. The molecule has 5 heteroatoms. The van der Waals surface area contributed by atoms with Gasteiger partial charge in [-0.05, 0) is 41.5 Å². The Labute approximate surface area is 113 Å². The van der Waals surface area contributed by atoms with Crippen LogP contribution in [0, 0.1) is 11.3 Å². The molecule has 0 aliphatic carbocycles. The zero-order valence-electron chi connectivity index (χ0n) is 12.4. The molecule has 0 bridgehead atoms. The summed E-state index contributed by atoms with van der Waals surface area (Å²) in [4.78, 5) is 35.2. The molecule has 1 saturated heterocycles. The number of hydrogen-bond acceptors (Lipinski definition) is 5. The van der Waals surface area contributed by atoms with Gasteiger partial charge in [0, 0.05) is 5.92 Å². The van der Waals surface area contributed by atoms with Crippen molar-refractivity contribution in [2.45, 2.75) is 59.7 Å². The van der Waals surface area contributed by atoms with E-state index in [0.29, 0.717) is 0 Å². The third-order valence-corrected chi connectivity index (χ3v) is 3.26. The monoisotopic (exact) mass is 270 g/mol. The molecule has 108 valence electrons. The highest BCUT2D eigenvalue weighted by molar-refractivity contribution is 5.90. The maximum Gasteiger partial charge on any atom is 0.312 e. The Hall–Kier alpha value is -1.39. The summed E-state index contributed by atoms with van der Waals surface area (Å²) in [7, 11) is 0. The minimum atomic E-state index is -0.854. The van der Waals surface area contributed by atoms with E-state index in [1.165, 1.54) is 6.92 Å². The van der Waals surface area contributed by atoms with Crippen LogP contribution in [0.5, 0.6) is 0 Å². The fraction of sp³-hybridized carbons (Fsp3) is 0.786. The van der Waals surface area contributed by atoms with Crippen LogP contribution in [-0.2, 0) is 23.9 Å². The lowest BCUT2D eigenvalue weighted by Gasteiger charge is -2.26. The summed E-state index contributed by atoms with van der Waals surface area (Å²) in [6.07, 6.45) is -0.852. The first-order valence-corrected chi connectivity index (χ1v) is 6.38. The zero-order valence-corrected chi connectivity index (χ0v) is 12.4. The van der Waals surface area contributed by atoms with Gasteiger partial charge in [-0.25, -0.2) is 0 Å². The van der Waals surface area contributed by atoms with E-state index < -0.39 is 35.0 Å². The molecule has 0 N–H and O–H groups in total. The first-order chi connectivity index (χ1) is 8.45. The normalized spacial score (nSPS) is 25.9. The van der Waals surface area contributed by atoms with Gasteiger partial charge in [0.1, 0.15) is 5.60 Å². The van der Waals surface area contributed by atoms with E-state index in [9.17, 15) is 14.4 Å². The van der Waals surface area contributed by atoms with Crippen LogP contribution < -0.4 is 0 Å². The lowest BCUT2D eigenvalue weighted by Crippen LogP contribution is -2.35. The first-order valence-electron chi connectivity index (χ1n) is 6.38. The predicted octanol–water partition coefficient (Wildman–Crippen LogP) is 1.87. The smallest absolute Gasteiger partial charge is 0.312 e. The molecule has 0 aromatic heterocycles. The summed E-state index contributed by atoms with van der Waals surface area (Å²) in [5.41, 5.74) is -1.44. The topological polar surface area (TPSA) is 69.7 Å². The molecule has 2 unspecified atom stereocenters. The van der Waals surface area contributed by atoms with Crippen molar-refractivity contribution in [3.8, 4) is 0 Å². The third-order valence-electron chi connectivity index (χ3n) is 3.26. The number of ketones is 1. The van der Waals surface area contributed by atoms with Gasteiger partial charge in [-0.1, -0.05) is 0 Å². The molecule has 1 rings (SSSR count). The number of carbonyl (C=O) groups excluding carboxylic acids is 3. The molecule has 0 radical (unpaired) electrons. The molecule has 0 spiro atoms. The molecular weight excluding hydrogens is 248 g/mol. The van der Waals surface area contributed by atoms with Gasteiger partial charge in [0.2, 0.25) is 0 Å². The molecule has 19 heavy (non-hydrogen) atoms. The van der Waals surface area contributed by atoms with Crippen molar-refractivity contribution in [3.05, 3.63) is 0 Å². The fourth-order valence-electron chi connectivity index (χ4n) is 2.17. The zero-order chi connectivity index (χ0) is 15.0. The average molecular weight is 270 g/mol. The van der Waals surface area contributed by atoms with Crippen molar-refractivity contribution in [1.82, 2.24) is 0 Å². The van der Waals surface area contributed by atoms with E-state index in [0.717, 1.165) is 0 Å². The van der Waals surface area contributed by atoms with Gasteiger partial charge in [-0.3, -0.25) is 14.4 Å². The largest absolute Gasteiger partial charge is 0.460 e. The lowest BCUT2D eigenvalue weighted by atomic mass is 9.75. The number of carbonyl (C=O) groups is 3. The van der Waals surface area contributed by atoms with Gasteiger partial charge >= 0.3 is 11.9 Å². The van der Waals surface area contributed by atoms with E-state index in [4.69, 9.17) is 9.47 Å². The molecule has 0 saturated carbocycles. The van der Waals surface area contributed by atoms with Crippen LogP contribution in [-0.4, -0.2) is 29.4 Å². The molecule has 5 nitrogen and oxygen atoms in total. The summed E-state index contributed by atoms with van der Waals surface area (Å²) in [5.74, 6) is -1.59. The van der Waals surface area contributed by atoms with Crippen molar-refractivity contribution in [2.24, 2.45) is 11.3 Å². The maximum atomic E-state index is 11.9. The second kappa shape index (κ2) is 4.94. The molecule has 1 heterocycles. The molecule has 0 amide bonds. The second-order valence-electron chi connectivity index (χ2n) is 6.56. The highest BCUT2D eigenvalue weighted by atomic mass is 16.6. The Balaban J connectivity index is 2.86.